The van der Waals surface area contributed by atoms with Crippen LogP contribution in [0, 0.1) is 0 Å². The lowest BCUT2D eigenvalue weighted by Crippen LogP contribution is -2.28. The molecule has 2 N–H and O–H groups in total. The fraction of sp³-hybridized carbons (Fsp3) is 0.429. The van der Waals surface area contributed by atoms with E-state index in [0.29, 0.717) is 31.1 Å². The summed E-state index contributed by atoms with van der Waals surface area (Å²) in [7, 11) is 0. The van der Waals surface area contributed by atoms with Gasteiger partial charge in [0.05, 0.1) is 12.2 Å². The van der Waals surface area contributed by atoms with Gasteiger partial charge in [0, 0.05) is 6.54 Å². The first-order chi connectivity index (χ1) is 9.73. The van der Waals surface area contributed by atoms with Crippen LogP contribution in [0.4, 0.5) is 0 Å². The molecule has 1 aromatic heterocycles. The predicted molar refractivity (Wildman–Crippen MR) is 72.3 cm³/mol. The normalized spacial score (nSPS) is 22.1. The second-order valence-corrected chi connectivity index (χ2v) is 4.81. The Morgan fingerprint density at radius 2 is 2.30 bits per heavy atom. The maximum Gasteiger partial charge on any atom is 0.260 e. The first-order valence-electron chi connectivity index (χ1n) is 6.72. The maximum absolute atomic E-state index is 10.4. The molecule has 0 bridgehead atoms. The third kappa shape index (κ3) is 2.28. The second-order valence-electron chi connectivity index (χ2n) is 4.81. The fourth-order valence-corrected chi connectivity index (χ4v) is 2.32. The minimum absolute atomic E-state index is 0.254. The molecule has 1 aliphatic heterocycles. The molecular weight excluding hydrogens is 258 g/mol. The van der Waals surface area contributed by atoms with Crippen molar-refractivity contribution in [3.8, 4) is 17.1 Å². The van der Waals surface area contributed by atoms with Crippen molar-refractivity contribution in [2.75, 3.05) is 19.7 Å². The van der Waals surface area contributed by atoms with Crippen molar-refractivity contribution in [2.45, 2.75) is 18.9 Å². The average Bonchev–Trinajstić information content (AvgIpc) is 3.09. The third-order valence-corrected chi connectivity index (χ3v) is 3.38. The number of aliphatic hydroxyl groups is 1. The number of rotatable bonds is 4. The highest BCUT2D eigenvalue weighted by Crippen LogP contribution is 2.31. The molecule has 0 amide bonds. The van der Waals surface area contributed by atoms with E-state index >= 15 is 0 Å². The minimum atomic E-state index is -1.06. The summed E-state index contributed by atoms with van der Waals surface area (Å²) in [5, 5.41) is 17.5. The SMILES string of the molecule is CCOc1ccccc1-c1noc(C2(O)CCNC2)n1. The highest BCUT2D eigenvalue weighted by molar-refractivity contribution is 5.63. The summed E-state index contributed by atoms with van der Waals surface area (Å²) in [6, 6.07) is 7.51. The van der Waals surface area contributed by atoms with E-state index in [-0.39, 0.29) is 5.89 Å². The summed E-state index contributed by atoms with van der Waals surface area (Å²) in [5.74, 6) is 1.40. The molecule has 0 saturated carbocycles. The summed E-state index contributed by atoms with van der Waals surface area (Å²) < 4.78 is 10.8. The first-order valence-corrected chi connectivity index (χ1v) is 6.72. The number of hydrogen-bond acceptors (Lipinski definition) is 6. The number of aromatic nitrogens is 2. The minimum Gasteiger partial charge on any atom is -0.493 e. The topological polar surface area (TPSA) is 80.4 Å². The predicted octanol–water partition coefficient (Wildman–Crippen LogP) is 1.32. The van der Waals surface area contributed by atoms with Crippen molar-refractivity contribution >= 4 is 0 Å². The van der Waals surface area contributed by atoms with E-state index in [2.05, 4.69) is 15.5 Å². The molecule has 106 valence electrons. The summed E-state index contributed by atoms with van der Waals surface area (Å²) in [6.07, 6.45) is 0.571. The quantitative estimate of drug-likeness (QED) is 0.876. The fourth-order valence-electron chi connectivity index (χ4n) is 2.32. The molecule has 0 aliphatic carbocycles. The van der Waals surface area contributed by atoms with Gasteiger partial charge in [0.1, 0.15) is 5.75 Å². The number of benzene rings is 1. The number of para-hydroxylation sites is 1. The van der Waals surface area contributed by atoms with Crippen molar-refractivity contribution in [1.29, 1.82) is 0 Å². The molecule has 20 heavy (non-hydrogen) atoms. The Morgan fingerprint density at radius 1 is 1.45 bits per heavy atom. The van der Waals surface area contributed by atoms with E-state index in [4.69, 9.17) is 9.26 Å². The van der Waals surface area contributed by atoms with Gasteiger partial charge in [0.15, 0.2) is 5.60 Å². The number of nitrogens with zero attached hydrogens (tertiary/aromatic N) is 2. The van der Waals surface area contributed by atoms with E-state index in [9.17, 15) is 5.11 Å². The van der Waals surface area contributed by atoms with E-state index in [1.54, 1.807) is 0 Å². The van der Waals surface area contributed by atoms with Gasteiger partial charge in [0.25, 0.3) is 5.89 Å². The Bertz CT molecular complexity index is 591. The molecule has 0 spiro atoms. The van der Waals surface area contributed by atoms with Crippen molar-refractivity contribution in [1.82, 2.24) is 15.5 Å². The van der Waals surface area contributed by atoms with Gasteiger partial charge in [-0.05, 0) is 32.0 Å². The molecule has 2 heterocycles. The molecule has 1 fully saturated rings. The first kappa shape index (κ1) is 13.1. The van der Waals surface area contributed by atoms with Gasteiger partial charge < -0.3 is 19.7 Å². The Labute approximate surface area is 116 Å². The van der Waals surface area contributed by atoms with E-state index in [1.807, 2.05) is 31.2 Å². The van der Waals surface area contributed by atoms with Crippen LogP contribution in [0.3, 0.4) is 0 Å². The molecule has 3 rings (SSSR count). The highest BCUT2D eigenvalue weighted by atomic mass is 16.5. The Morgan fingerprint density at radius 3 is 3.05 bits per heavy atom. The molecule has 2 aromatic rings. The van der Waals surface area contributed by atoms with E-state index in [1.165, 1.54) is 0 Å². The second kappa shape index (κ2) is 5.22. The lowest BCUT2D eigenvalue weighted by atomic mass is 10.0. The molecule has 1 unspecified atom stereocenters. The average molecular weight is 275 g/mol. The molecule has 0 radical (unpaired) electrons. The van der Waals surface area contributed by atoms with Gasteiger partial charge >= 0.3 is 0 Å². The maximum atomic E-state index is 10.4. The van der Waals surface area contributed by atoms with Crippen LogP contribution in [0.1, 0.15) is 19.2 Å². The van der Waals surface area contributed by atoms with Gasteiger partial charge in [-0.25, -0.2) is 0 Å². The molecular formula is C14H17N3O3. The molecule has 1 saturated heterocycles. The molecule has 6 nitrogen and oxygen atoms in total. The zero-order valence-electron chi connectivity index (χ0n) is 11.3. The van der Waals surface area contributed by atoms with Crippen LogP contribution in [0.5, 0.6) is 5.75 Å². The Balaban J connectivity index is 1.94. The number of ether oxygens (including phenoxy) is 1. The van der Waals surface area contributed by atoms with Crippen LogP contribution in [0.15, 0.2) is 28.8 Å². The highest BCUT2D eigenvalue weighted by Gasteiger charge is 2.38. The van der Waals surface area contributed by atoms with Crippen molar-refractivity contribution < 1.29 is 14.4 Å². The van der Waals surface area contributed by atoms with Crippen molar-refractivity contribution in [3.05, 3.63) is 30.2 Å². The smallest absolute Gasteiger partial charge is 0.260 e. The Kier molecular flexibility index (Phi) is 3.42. The van der Waals surface area contributed by atoms with Crippen LogP contribution < -0.4 is 10.1 Å². The van der Waals surface area contributed by atoms with Crippen LogP contribution in [0.2, 0.25) is 0 Å². The summed E-state index contributed by atoms with van der Waals surface area (Å²) in [4.78, 5) is 4.33. The van der Waals surface area contributed by atoms with Crippen LogP contribution >= 0.6 is 0 Å². The van der Waals surface area contributed by atoms with Gasteiger partial charge in [-0.1, -0.05) is 17.3 Å². The standard InChI is InChI=1S/C14H17N3O3/c1-2-19-11-6-4-3-5-10(11)12-16-13(20-17-12)14(18)7-8-15-9-14/h3-6,15,18H,2,7-9H2,1H3. The zero-order chi connectivity index (χ0) is 14.0. The van der Waals surface area contributed by atoms with Crippen LogP contribution in [-0.2, 0) is 5.60 Å². The lowest BCUT2D eigenvalue weighted by Gasteiger charge is -2.14. The summed E-state index contributed by atoms with van der Waals surface area (Å²) >= 11 is 0. The van der Waals surface area contributed by atoms with E-state index in [0.717, 1.165) is 12.1 Å². The van der Waals surface area contributed by atoms with Crippen molar-refractivity contribution in [3.63, 3.8) is 0 Å². The van der Waals surface area contributed by atoms with Crippen LogP contribution in [-0.4, -0.2) is 34.9 Å². The van der Waals surface area contributed by atoms with E-state index < -0.39 is 5.60 Å². The Hall–Kier alpha value is -1.92. The molecule has 1 aromatic carbocycles. The summed E-state index contributed by atoms with van der Waals surface area (Å²) in [6.45, 7) is 3.66. The zero-order valence-corrected chi connectivity index (χ0v) is 11.3. The number of nitrogens with one attached hydrogen (secondary N) is 1. The van der Waals surface area contributed by atoms with Gasteiger partial charge in [-0.15, -0.1) is 0 Å². The molecule has 1 atom stereocenters. The monoisotopic (exact) mass is 275 g/mol. The largest absolute Gasteiger partial charge is 0.493 e. The number of hydrogen-bond donors (Lipinski definition) is 2. The number of β-amino-alcohol motifs (C(OH)–C–C–N with tert-alkyl or cyclic N) is 1. The van der Waals surface area contributed by atoms with Crippen LogP contribution in [0.25, 0.3) is 11.4 Å². The molecule has 6 heteroatoms. The lowest BCUT2D eigenvalue weighted by molar-refractivity contribution is 0.0243. The molecule has 1 aliphatic rings. The van der Waals surface area contributed by atoms with Gasteiger partial charge in [-0.2, -0.15) is 4.98 Å². The third-order valence-electron chi connectivity index (χ3n) is 3.38. The van der Waals surface area contributed by atoms with Gasteiger partial charge in [-0.3, -0.25) is 0 Å². The van der Waals surface area contributed by atoms with Crippen molar-refractivity contribution in [2.24, 2.45) is 0 Å². The van der Waals surface area contributed by atoms with Gasteiger partial charge in [0.2, 0.25) is 5.82 Å². The summed E-state index contributed by atoms with van der Waals surface area (Å²) in [5.41, 5.74) is -0.301.